The van der Waals surface area contributed by atoms with Gasteiger partial charge in [-0.1, -0.05) is 0 Å². The summed E-state index contributed by atoms with van der Waals surface area (Å²) in [5.74, 6) is 0.641. The maximum absolute atomic E-state index is 11.6. The molecule has 0 aliphatic heterocycles. The van der Waals surface area contributed by atoms with Crippen LogP contribution < -0.4 is 5.32 Å². The average molecular weight is 240 g/mol. The summed E-state index contributed by atoms with van der Waals surface area (Å²) < 4.78 is 29.0. The van der Waals surface area contributed by atoms with Gasteiger partial charge in [-0.05, 0) is 28.1 Å². The highest BCUT2D eigenvalue weighted by Gasteiger charge is 2.02. The monoisotopic (exact) mass is 239 g/mol. The molecule has 0 atom stereocenters. The van der Waals surface area contributed by atoms with E-state index in [0.717, 1.165) is 0 Å². The largest absolute Gasteiger partial charge is 0.453 e. The van der Waals surface area contributed by atoms with E-state index in [1.165, 1.54) is 0 Å². The Balaban J connectivity index is 2.24. The lowest BCUT2D eigenvalue weighted by atomic mass is 10.4. The number of hydrogen-bond donors (Lipinski definition) is 1. The van der Waals surface area contributed by atoms with E-state index >= 15 is 0 Å². The predicted octanol–water partition coefficient (Wildman–Crippen LogP) is 2.40. The minimum absolute atomic E-state index is 0.307. The third-order valence-corrected chi connectivity index (χ3v) is 1.65. The zero-order valence-electron chi connectivity index (χ0n) is 6.19. The van der Waals surface area contributed by atoms with Crippen molar-refractivity contribution in [2.24, 2.45) is 0 Å². The number of hydrogen-bond acceptors (Lipinski definition) is 2. The zero-order valence-corrected chi connectivity index (χ0v) is 7.77. The smallest absolute Gasteiger partial charge is 0.250 e. The quantitative estimate of drug-likeness (QED) is 0.874. The Kier molecular flexibility index (Phi) is 3.68. The Morgan fingerprint density at radius 2 is 2.25 bits per heavy atom. The fraction of sp³-hybridized carbons (Fsp3) is 0.429. The summed E-state index contributed by atoms with van der Waals surface area (Å²) in [4.78, 5) is 0. The van der Waals surface area contributed by atoms with E-state index in [9.17, 15) is 8.78 Å². The Bertz CT molecular complexity index is 239. The van der Waals surface area contributed by atoms with Gasteiger partial charge in [-0.25, -0.2) is 8.78 Å². The molecule has 0 spiro atoms. The van der Waals surface area contributed by atoms with Gasteiger partial charge in [0.25, 0.3) is 6.43 Å². The van der Waals surface area contributed by atoms with Crippen molar-refractivity contribution in [2.75, 3.05) is 6.54 Å². The summed E-state index contributed by atoms with van der Waals surface area (Å²) in [6, 6.07) is 3.45. The van der Waals surface area contributed by atoms with E-state index in [4.69, 9.17) is 4.42 Å². The lowest BCUT2D eigenvalue weighted by Crippen LogP contribution is -2.20. The van der Waals surface area contributed by atoms with Crippen LogP contribution in [0, 0.1) is 0 Å². The van der Waals surface area contributed by atoms with Crippen molar-refractivity contribution in [3.8, 4) is 0 Å². The number of alkyl halides is 2. The molecule has 2 nitrogen and oxygen atoms in total. The van der Waals surface area contributed by atoms with Crippen molar-refractivity contribution in [3.63, 3.8) is 0 Å². The van der Waals surface area contributed by atoms with Crippen LogP contribution in [0.4, 0.5) is 8.78 Å². The minimum Gasteiger partial charge on any atom is -0.453 e. The SMILES string of the molecule is FC(F)CNCc1ccc(Br)o1. The summed E-state index contributed by atoms with van der Waals surface area (Å²) in [6.45, 7) is 0.0221. The first kappa shape index (κ1) is 9.67. The molecule has 1 N–H and O–H groups in total. The van der Waals surface area contributed by atoms with Gasteiger partial charge in [-0.15, -0.1) is 0 Å². The molecular formula is C7H8BrF2NO. The molecule has 0 aliphatic rings. The second-order valence-corrected chi connectivity index (χ2v) is 3.01. The molecule has 68 valence electrons. The maximum atomic E-state index is 11.6. The van der Waals surface area contributed by atoms with E-state index in [-0.39, 0.29) is 6.54 Å². The first-order valence-electron chi connectivity index (χ1n) is 3.41. The van der Waals surface area contributed by atoms with Crippen LogP contribution in [-0.2, 0) is 6.54 Å². The topological polar surface area (TPSA) is 25.2 Å². The first-order chi connectivity index (χ1) is 5.68. The minimum atomic E-state index is -2.32. The molecule has 1 aromatic heterocycles. The van der Waals surface area contributed by atoms with Crippen LogP contribution in [0.5, 0.6) is 0 Å². The number of halogens is 3. The second-order valence-electron chi connectivity index (χ2n) is 2.23. The third-order valence-electron chi connectivity index (χ3n) is 1.23. The van der Waals surface area contributed by atoms with Crippen LogP contribution in [0.3, 0.4) is 0 Å². The van der Waals surface area contributed by atoms with E-state index in [2.05, 4.69) is 21.2 Å². The number of furan rings is 1. The molecular weight excluding hydrogens is 232 g/mol. The van der Waals surface area contributed by atoms with Gasteiger partial charge >= 0.3 is 0 Å². The van der Waals surface area contributed by atoms with Crippen molar-refractivity contribution in [1.29, 1.82) is 0 Å². The highest BCUT2D eigenvalue weighted by Crippen LogP contribution is 2.13. The maximum Gasteiger partial charge on any atom is 0.250 e. The molecule has 1 heterocycles. The molecule has 0 aliphatic carbocycles. The van der Waals surface area contributed by atoms with E-state index < -0.39 is 6.43 Å². The number of rotatable bonds is 4. The fourth-order valence-electron chi connectivity index (χ4n) is 0.751. The van der Waals surface area contributed by atoms with Crippen molar-refractivity contribution in [1.82, 2.24) is 5.32 Å². The van der Waals surface area contributed by atoms with Gasteiger partial charge in [0, 0.05) is 0 Å². The summed E-state index contributed by atoms with van der Waals surface area (Å²) in [5, 5.41) is 2.55. The van der Waals surface area contributed by atoms with Crippen molar-refractivity contribution in [2.45, 2.75) is 13.0 Å². The van der Waals surface area contributed by atoms with Gasteiger partial charge in [0.05, 0.1) is 13.1 Å². The average Bonchev–Trinajstić information content (AvgIpc) is 2.35. The first-order valence-corrected chi connectivity index (χ1v) is 4.21. The molecule has 0 aromatic carbocycles. The normalized spacial score (nSPS) is 11.0. The summed E-state index contributed by atoms with van der Waals surface area (Å²) in [6.07, 6.45) is -2.32. The molecule has 0 fully saturated rings. The molecule has 0 saturated carbocycles. The predicted molar refractivity (Wildman–Crippen MR) is 44.1 cm³/mol. The molecule has 0 saturated heterocycles. The summed E-state index contributed by atoms with van der Waals surface area (Å²) in [7, 11) is 0. The molecule has 0 bridgehead atoms. The molecule has 1 rings (SSSR count). The fourth-order valence-corrected chi connectivity index (χ4v) is 1.09. The van der Waals surface area contributed by atoms with Gasteiger partial charge in [-0.2, -0.15) is 0 Å². The molecule has 0 unspecified atom stereocenters. The number of nitrogens with one attached hydrogen (secondary N) is 1. The molecule has 0 radical (unpaired) electrons. The lowest BCUT2D eigenvalue weighted by molar-refractivity contribution is 0.144. The van der Waals surface area contributed by atoms with Crippen molar-refractivity contribution in [3.05, 3.63) is 22.6 Å². The van der Waals surface area contributed by atoms with E-state index in [1.54, 1.807) is 12.1 Å². The van der Waals surface area contributed by atoms with E-state index in [0.29, 0.717) is 17.0 Å². The van der Waals surface area contributed by atoms with Gasteiger partial charge in [0.1, 0.15) is 5.76 Å². The highest BCUT2D eigenvalue weighted by molar-refractivity contribution is 9.10. The Morgan fingerprint density at radius 3 is 2.75 bits per heavy atom. The molecule has 1 aromatic rings. The van der Waals surface area contributed by atoms with Crippen LogP contribution in [0.1, 0.15) is 5.76 Å². The van der Waals surface area contributed by atoms with Crippen LogP contribution in [-0.4, -0.2) is 13.0 Å². The van der Waals surface area contributed by atoms with Gasteiger partial charge in [-0.3, -0.25) is 0 Å². The Morgan fingerprint density at radius 1 is 1.50 bits per heavy atom. The van der Waals surface area contributed by atoms with Crippen LogP contribution in [0.15, 0.2) is 21.2 Å². The summed E-state index contributed by atoms with van der Waals surface area (Å²) >= 11 is 3.11. The third kappa shape index (κ3) is 3.32. The summed E-state index contributed by atoms with van der Waals surface area (Å²) in [5.41, 5.74) is 0. The standard InChI is InChI=1S/C7H8BrF2NO/c8-6-2-1-5(12-6)3-11-4-7(9)10/h1-2,7,11H,3-4H2. The van der Waals surface area contributed by atoms with Gasteiger partial charge in [0.2, 0.25) is 0 Å². The molecule has 0 amide bonds. The van der Waals surface area contributed by atoms with Crippen LogP contribution in [0.2, 0.25) is 0 Å². The van der Waals surface area contributed by atoms with Crippen molar-refractivity contribution < 1.29 is 13.2 Å². The van der Waals surface area contributed by atoms with Crippen molar-refractivity contribution >= 4 is 15.9 Å². The van der Waals surface area contributed by atoms with Gasteiger partial charge in [0.15, 0.2) is 4.67 Å². The van der Waals surface area contributed by atoms with Crippen LogP contribution in [0.25, 0.3) is 0 Å². The van der Waals surface area contributed by atoms with Gasteiger partial charge < -0.3 is 9.73 Å². The molecule has 12 heavy (non-hydrogen) atoms. The Hall–Kier alpha value is -0.420. The Labute approximate surface area is 77.1 Å². The molecule has 5 heteroatoms. The lowest BCUT2D eigenvalue weighted by Gasteiger charge is -1.99. The second kappa shape index (κ2) is 4.57. The van der Waals surface area contributed by atoms with Crippen LogP contribution >= 0.6 is 15.9 Å². The van der Waals surface area contributed by atoms with E-state index in [1.807, 2.05) is 0 Å². The highest BCUT2D eigenvalue weighted by atomic mass is 79.9. The zero-order chi connectivity index (χ0) is 8.97.